The predicted octanol–water partition coefficient (Wildman–Crippen LogP) is 0.938. The number of nitrogens with one attached hydrogen (secondary N) is 1. The molecule has 0 bridgehead atoms. The Morgan fingerprint density at radius 1 is 1.54 bits per heavy atom. The summed E-state index contributed by atoms with van der Waals surface area (Å²) in [6.07, 6.45) is 1.02. The van der Waals surface area contributed by atoms with Crippen LogP contribution in [0.25, 0.3) is 0 Å². The maximum absolute atomic E-state index is 11.8. The molecule has 3 nitrogen and oxygen atoms in total. The number of carbonyl (C=O) groups is 1. The number of esters is 1. The van der Waals surface area contributed by atoms with Crippen LogP contribution in [0.15, 0.2) is 0 Å². The van der Waals surface area contributed by atoms with Crippen LogP contribution >= 0.6 is 0 Å². The third-order valence-electron chi connectivity index (χ3n) is 2.87. The third kappa shape index (κ3) is 1.46. The van der Waals surface area contributed by atoms with Crippen LogP contribution in [0, 0.1) is 11.3 Å². The number of rotatable bonds is 1. The second-order valence-electron chi connectivity index (χ2n) is 5.19. The van der Waals surface area contributed by atoms with E-state index in [4.69, 9.17) is 4.74 Å². The van der Waals surface area contributed by atoms with Gasteiger partial charge in [0.15, 0.2) is 0 Å². The van der Waals surface area contributed by atoms with Gasteiger partial charge in [0.1, 0.15) is 5.60 Å². The molecule has 1 aliphatic carbocycles. The molecule has 1 heterocycles. The van der Waals surface area contributed by atoms with E-state index in [-0.39, 0.29) is 17.0 Å². The summed E-state index contributed by atoms with van der Waals surface area (Å²) in [5.74, 6) is 0.539. The molecule has 74 valence electrons. The zero-order valence-electron chi connectivity index (χ0n) is 8.52. The lowest BCUT2D eigenvalue weighted by molar-refractivity contribution is -0.161. The Bertz CT molecular complexity index is 244. The van der Waals surface area contributed by atoms with Crippen molar-refractivity contribution in [2.45, 2.75) is 32.8 Å². The van der Waals surface area contributed by atoms with E-state index < -0.39 is 0 Å². The quantitative estimate of drug-likeness (QED) is 0.615. The summed E-state index contributed by atoms with van der Waals surface area (Å²) < 4.78 is 5.39. The van der Waals surface area contributed by atoms with Gasteiger partial charge in [-0.05, 0) is 39.7 Å². The van der Waals surface area contributed by atoms with Crippen LogP contribution < -0.4 is 5.32 Å². The number of fused-ring (bicyclic) bond motifs is 1. The van der Waals surface area contributed by atoms with Crippen LogP contribution in [0.3, 0.4) is 0 Å². The maximum Gasteiger partial charge on any atom is 0.314 e. The molecular weight excluding hydrogens is 166 g/mol. The van der Waals surface area contributed by atoms with Gasteiger partial charge in [0.25, 0.3) is 0 Å². The van der Waals surface area contributed by atoms with Gasteiger partial charge in [0.2, 0.25) is 0 Å². The van der Waals surface area contributed by atoms with Crippen molar-refractivity contribution in [3.8, 4) is 0 Å². The van der Waals surface area contributed by atoms with Crippen molar-refractivity contribution in [1.82, 2.24) is 5.32 Å². The molecule has 1 aliphatic heterocycles. The van der Waals surface area contributed by atoms with E-state index in [1.54, 1.807) is 0 Å². The summed E-state index contributed by atoms with van der Waals surface area (Å²) in [7, 11) is 0. The second-order valence-corrected chi connectivity index (χ2v) is 5.19. The highest BCUT2D eigenvalue weighted by Gasteiger charge is 2.64. The van der Waals surface area contributed by atoms with Crippen LogP contribution in [0.1, 0.15) is 27.2 Å². The molecule has 3 heteroatoms. The van der Waals surface area contributed by atoms with Crippen molar-refractivity contribution in [3.63, 3.8) is 0 Å². The normalized spacial score (nSPS) is 37.0. The van der Waals surface area contributed by atoms with Gasteiger partial charge in [-0.25, -0.2) is 0 Å². The molecule has 1 saturated heterocycles. The minimum absolute atomic E-state index is 0.00463. The highest BCUT2D eigenvalue weighted by atomic mass is 16.6. The first-order valence-electron chi connectivity index (χ1n) is 4.88. The van der Waals surface area contributed by atoms with E-state index in [1.807, 2.05) is 20.8 Å². The largest absolute Gasteiger partial charge is 0.459 e. The van der Waals surface area contributed by atoms with E-state index >= 15 is 0 Å². The lowest BCUT2D eigenvalue weighted by atomic mass is 10.1. The highest BCUT2D eigenvalue weighted by Crippen LogP contribution is 2.56. The predicted molar refractivity (Wildman–Crippen MR) is 49.3 cm³/mol. The molecule has 0 radical (unpaired) electrons. The van der Waals surface area contributed by atoms with Crippen LogP contribution in [0.4, 0.5) is 0 Å². The van der Waals surface area contributed by atoms with Gasteiger partial charge in [-0.1, -0.05) is 0 Å². The summed E-state index contributed by atoms with van der Waals surface area (Å²) in [6, 6.07) is 0. The average molecular weight is 183 g/mol. The Morgan fingerprint density at radius 2 is 2.23 bits per heavy atom. The Labute approximate surface area is 78.8 Å². The second kappa shape index (κ2) is 2.47. The van der Waals surface area contributed by atoms with Crippen molar-refractivity contribution < 1.29 is 9.53 Å². The summed E-state index contributed by atoms with van der Waals surface area (Å²) in [5, 5.41) is 3.23. The first kappa shape index (κ1) is 9.00. The van der Waals surface area contributed by atoms with E-state index in [0.29, 0.717) is 5.92 Å². The van der Waals surface area contributed by atoms with Gasteiger partial charge < -0.3 is 10.1 Å². The van der Waals surface area contributed by atoms with Crippen LogP contribution in [-0.4, -0.2) is 24.7 Å². The SMILES string of the molecule is CC(C)(C)OC(=O)[C@]12CNC[C@@H]1C2. The van der Waals surface area contributed by atoms with E-state index in [0.717, 1.165) is 19.5 Å². The Hall–Kier alpha value is -0.570. The van der Waals surface area contributed by atoms with Crippen molar-refractivity contribution in [2.24, 2.45) is 11.3 Å². The Balaban J connectivity index is 1.99. The molecule has 0 aromatic carbocycles. The summed E-state index contributed by atoms with van der Waals surface area (Å²) >= 11 is 0. The molecular formula is C10H17NO2. The van der Waals surface area contributed by atoms with Gasteiger partial charge in [0.05, 0.1) is 5.41 Å². The minimum atomic E-state index is -0.346. The topological polar surface area (TPSA) is 38.3 Å². The van der Waals surface area contributed by atoms with E-state index in [2.05, 4.69) is 5.32 Å². The lowest BCUT2D eigenvalue weighted by Crippen LogP contribution is -2.32. The smallest absolute Gasteiger partial charge is 0.314 e. The van der Waals surface area contributed by atoms with Crippen molar-refractivity contribution in [2.75, 3.05) is 13.1 Å². The van der Waals surface area contributed by atoms with E-state index in [9.17, 15) is 4.79 Å². The van der Waals surface area contributed by atoms with Crippen LogP contribution in [0.5, 0.6) is 0 Å². The number of hydrogen-bond acceptors (Lipinski definition) is 3. The standard InChI is InChI=1S/C10H17NO2/c1-9(2,3)13-8(12)10-4-7(10)5-11-6-10/h7,11H,4-6H2,1-3H3/t7-,10+/m0/s1. The van der Waals surface area contributed by atoms with Gasteiger partial charge in [-0.3, -0.25) is 4.79 Å². The average Bonchev–Trinajstić information content (AvgIpc) is 2.52. The zero-order chi connectivity index (χ0) is 9.69. The fraction of sp³-hybridized carbons (Fsp3) is 0.900. The molecule has 2 fully saturated rings. The number of piperidine rings is 1. The summed E-state index contributed by atoms with van der Waals surface area (Å²) in [5.41, 5.74) is -0.491. The fourth-order valence-corrected chi connectivity index (χ4v) is 2.04. The van der Waals surface area contributed by atoms with Gasteiger partial charge in [-0.15, -0.1) is 0 Å². The zero-order valence-corrected chi connectivity index (χ0v) is 8.52. The molecule has 0 aromatic heterocycles. The number of ether oxygens (including phenoxy) is 1. The van der Waals surface area contributed by atoms with E-state index in [1.165, 1.54) is 0 Å². The highest BCUT2D eigenvalue weighted by molar-refractivity contribution is 5.82. The molecule has 2 aliphatic rings. The summed E-state index contributed by atoms with van der Waals surface area (Å²) in [4.78, 5) is 11.8. The van der Waals surface area contributed by atoms with Gasteiger partial charge in [0, 0.05) is 6.54 Å². The molecule has 2 rings (SSSR count). The maximum atomic E-state index is 11.8. The van der Waals surface area contributed by atoms with Crippen molar-refractivity contribution in [1.29, 1.82) is 0 Å². The first-order valence-corrected chi connectivity index (χ1v) is 4.88. The fourth-order valence-electron chi connectivity index (χ4n) is 2.04. The monoisotopic (exact) mass is 183 g/mol. The van der Waals surface area contributed by atoms with Crippen LogP contribution in [0.2, 0.25) is 0 Å². The van der Waals surface area contributed by atoms with Crippen molar-refractivity contribution >= 4 is 5.97 Å². The number of hydrogen-bond donors (Lipinski definition) is 1. The Kier molecular flexibility index (Phi) is 1.71. The molecule has 1 saturated carbocycles. The first-order chi connectivity index (χ1) is 5.94. The molecule has 0 unspecified atom stereocenters. The third-order valence-corrected chi connectivity index (χ3v) is 2.87. The molecule has 2 atom stereocenters. The molecule has 13 heavy (non-hydrogen) atoms. The molecule has 0 aromatic rings. The molecule has 0 amide bonds. The van der Waals surface area contributed by atoms with Gasteiger partial charge in [-0.2, -0.15) is 0 Å². The summed E-state index contributed by atoms with van der Waals surface area (Å²) in [6.45, 7) is 7.55. The lowest BCUT2D eigenvalue weighted by Gasteiger charge is -2.22. The van der Waals surface area contributed by atoms with Crippen molar-refractivity contribution in [3.05, 3.63) is 0 Å². The molecule has 1 N–H and O–H groups in total. The molecule has 0 spiro atoms. The van der Waals surface area contributed by atoms with Crippen LogP contribution in [-0.2, 0) is 9.53 Å². The number of carbonyl (C=O) groups excluding carboxylic acids is 1. The minimum Gasteiger partial charge on any atom is -0.459 e. The Morgan fingerprint density at radius 3 is 2.62 bits per heavy atom. The van der Waals surface area contributed by atoms with Gasteiger partial charge >= 0.3 is 5.97 Å².